The third-order valence-electron chi connectivity index (χ3n) is 7.33. The Morgan fingerprint density at radius 1 is 0.650 bits per heavy atom. The molecule has 0 saturated carbocycles. The van der Waals surface area contributed by atoms with E-state index in [9.17, 15) is 0 Å². The minimum atomic E-state index is 0.0829. The van der Waals surface area contributed by atoms with E-state index in [-0.39, 0.29) is 5.84 Å². The van der Waals surface area contributed by atoms with Gasteiger partial charge in [-0.1, -0.05) is 103 Å². The molecule has 190 valence electrons. The van der Waals surface area contributed by atoms with Crippen molar-refractivity contribution in [3.63, 3.8) is 0 Å². The van der Waals surface area contributed by atoms with Gasteiger partial charge in [0.1, 0.15) is 11.7 Å². The van der Waals surface area contributed by atoms with Crippen LogP contribution in [0.2, 0.25) is 0 Å². The van der Waals surface area contributed by atoms with Gasteiger partial charge in [-0.3, -0.25) is 9.98 Å². The summed E-state index contributed by atoms with van der Waals surface area (Å²) in [7, 11) is 0. The molecule has 2 aromatic heterocycles. The number of aromatic nitrogens is 2. The lowest BCUT2D eigenvalue weighted by atomic mass is 10.0. The SMILES string of the molecule is N=C(N=C(N)c1ccc(-c2ccccc2)cc1)c1ccnc(-n2c3ccccc3c3c4ccccc4ccc32)c1. The summed E-state index contributed by atoms with van der Waals surface area (Å²) in [6.07, 6.45) is 1.72. The molecule has 7 aromatic rings. The highest BCUT2D eigenvalue weighted by Gasteiger charge is 2.16. The van der Waals surface area contributed by atoms with Crippen LogP contribution in [-0.2, 0) is 0 Å². The van der Waals surface area contributed by atoms with Crippen LogP contribution in [-0.4, -0.2) is 21.2 Å². The van der Waals surface area contributed by atoms with Crippen molar-refractivity contribution < 1.29 is 0 Å². The van der Waals surface area contributed by atoms with Gasteiger partial charge in [-0.15, -0.1) is 0 Å². The Morgan fingerprint density at radius 3 is 2.17 bits per heavy atom. The summed E-state index contributed by atoms with van der Waals surface area (Å²) in [6, 6.07) is 42.9. The maximum atomic E-state index is 8.74. The molecule has 2 heterocycles. The summed E-state index contributed by atoms with van der Waals surface area (Å²) in [5, 5.41) is 13.5. The molecule has 5 aromatic carbocycles. The Morgan fingerprint density at radius 2 is 1.35 bits per heavy atom. The molecule has 0 bridgehead atoms. The number of hydrogen-bond acceptors (Lipinski definition) is 2. The van der Waals surface area contributed by atoms with Gasteiger partial charge < -0.3 is 5.73 Å². The number of fused-ring (bicyclic) bond motifs is 5. The average Bonchev–Trinajstić information content (AvgIpc) is 3.36. The van der Waals surface area contributed by atoms with Crippen molar-refractivity contribution in [3.05, 3.63) is 145 Å². The molecule has 5 nitrogen and oxygen atoms in total. The molecule has 5 heteroatoms. The third-order valence-corrected chi connectivity index (χ3v) is 7.33. The minimum Gasteiger partial charge on any atom is -0.383 e. The van der Waals surface area contributed by atoms with Crippen LogP contribution in [0, 0.1) is 5.41 Å². The lowest BCUT2D eigenvalue weighted by Gasteiger charge is -2.09. The van der Waals surface area contributed by atoms with Gasteiger partial charge in [0, 0.05) is 28.1 Å². The molecule has 7 rings (SSSR count). The predicted octanol–water partition coefficient (Wildman–Crippen LogP) is 7.73. The van der Waals surface area contributed by atoms with Crippen LogP contribution in [0.25, 0.3) is 49.5 Å². The molecular weight excluding hydrogens is 490 g/mol. The van der Waals surface area contributed by atoms with E-state index < -0.39 is 0 Å². The maximum Gasteiger partial charge on any atom is 0.154 e. The van der Waals surface area contributed by atoms with Crippen molar-refractivity contribution in [2.24, 2.45) is 10.7 Å². The number of rotatable bonds is 4. The number of nitrogens with zero attached hydrogens (tertiary/aromatic N) is 3. The van der Waals surface area contributed by atoms with E-state index in [1.54, 1.807) is 12.3 Å². The Hall–Kier alpha value is -5.55. The first kappa shape index (κ1) is 23.6. The molecule has 40 heavy (non-hydrogen) atoms. The summed E-state index contributed by atoms with van der Waals surface area (Å²) >= 11 is 0. The minimum absolute atomic E-state index is 0.0829. The van der Waals surface area contributed by atoms with Gasteiger partial charge in [-0.05, 0) is 46.2 Å². The van der Waals surface area contributed by atoms with Gasteiger partial charge in [-0.25, -0.2) is 9.98 Å². The fraction of sp³-hybridized carbons (Fsp3) is 0. The zero-order valence-electron chi connectivity index (χ0n) is 21.6. The van der Waals surface area contributed by atoms with Gasteiger partial charge in [0.15, 0.2) is 5.84 Å². The van der Waals surface area contributed by atoms with E-state index >= 15 is 0 Å². The number of para-hydroxylation sites is 1. The number of aliphatic imine (C=N–C) groups is 1. The molecule has 0 aliphatic heterocycles. The van der Waals surface area contributed by atoms with E-state index in [2.05, 4.69) is 76.3 Å². The first-order valence-electron chi connectivity index (χ1n) is 13.1. The Kier molecular flexibility index (Phi) is 5.68. The molecule has 0 saturated heterocycles. The molecule has 0 spiro atoms. The van der Waals surface area contributed by atoms with Crippen LogP contribution in [0.15, 0.2) is 139 Å². The second kappa shape index (κ2) is 9.64. The normalized spacial score (nSPS) is 11.8. The van der Waals surface area contributed by atoms with Gasteiger partial charge in [0.05, 0.1) is 11.0 Å². The monoisotopic (exact) mass is 515 g/mol. The summed E-state index contributed by atoms with van der Waals surface area (Å²) in [5.41, 5.74) is 12.1. The Balaban J connectivity index is 1.27. The number of hydrogen-bond donors (Lipinski definition) is 2. The topological polar surface area (TPSA) is 80.1 Å². The molecule has 0 radical (unpaired) electrons. The highest BCUT2D eigenvalue weighted by Crippen LogP contribution is 2.36. The summed E-state index contributed by atoms with van der Waals surface area (Å²) in [5.74, 6) is 1.11. The van der Waals surface area contributed by atoms with E-state index in [4.69, 9.17) is 16.1 Å². The zero-order valence-corrected chi connectivity index (χ0v) is 21.6. The lowest BCUT2D eigenvalue weighted by Crippen LogP contribution is -2.16. The summed E-state index contributed by atoms with van der Waals surface area (Å²) < 4.78 is 2.16. The van der Waals surface area contributed by atoms with Crippen LogP contribution in [0.5, 0.6) is 0 Å². The molecule has 0 aliphatic carbocycles. The Labute approximate surface area is 231 Å². The summed E-state index contributed by atoms with van der Waals surface area (Å²) in [6.45, 7) is 0. The van der Waals surface area contributed by atoms with Crippen molar-refractivity contribution >= 4 is 44.2 Å². The molecular formula is C35H25N5. The molecule has 0 fully saturated rings. The average molecular weight is 516 g/mol. The maximum absolute atomic E-state index is 8.74. The fourth-order valence-corrected chi connectivity index (χ4v) is 5.39. The van der Waals surface area contributed by atoms with Gasteiger partial charge in [0.25, 0.3) is 0 Å². The van der Waals surface area contributed by atoms with Crippen LogP contribution in [0.1, 0.15) is 11.1 Å². The number of pyridine rings is 1. The first-order valence-corrected chi connectivity index (χ1v) is 13.1. The van der Waals surface area contributed by atoms with Crippen LogP contribution in [0.3, 0.4) is 0 Å². The van der Waals surface area contributed by atoms with E-state index in [1.165, 1.54) is 16.2 Å². The van der Waals surface area contributed by atoms with Gasteiger partial charge >= 0.3 is 0 Å². The van der Waals surface area contributed by atoms with Gasteiger partial charge in [-0.2, -0.15) is 0 Å². The highest BCUT2D eigenvalue weighted by atomic mass is 15.1. The third kappa shape index (κ3) is 4.01. The van der Waals surface area contributed by atoms with Crippen LogP contribution >= 0.6 is 0 Å². The second-order valence-corrected chi connectivity index (χ2v) is 9.73. The molecule has 0 unspecified atom stereocenters. The quantitative estimate of drug-likeness (QED) is 0.186. The van der Waals surface area contributed by atoms with Crippen molar-refractivity contribution in [2.45, 2.75) is 0 Å². The van der Waals surface area contributed by atoms with E-state index in [1.807, 2.05) is 54.6 Å². The second-order valence-electron chi connectivity index (χ2n) is 9.73. The fourth-order valence-electron chi connectivity index (χ4n) is 5.39. The van der Waals surface area contributed by atoms with E-state index in [0.29, 0.717) is 11.4 Å². The van der Waals surface area contributed by atoms with Crippen LogP contribution < -0.4 is 5.73 Å². The standard InChI is InChI=1S/C35H25N5/c36-34(26-16-14-24(15-17-26)23-8-2-1-3-9-23)39-35(37)27-20-21-38-32(22-27)40-30-13-7-6-12-29(30)33-28-11-5-4-10-25(28)18-19-31(33)40/h1-22H,(H3,36,37,39). The largest absolute Gasteiger partial charge is 0.383 e. The lowest BCUT2D eigenvalue weighted by molar-refractivity contribution is 1.08. The summed E-state index contributed by atoms with van der Waals surface area (Å²) in [4.78, 5) is 9.16. The van der Waals surface area contributed by atoms with Crippen molar-refractivity contribution in [1.82, 2.24) is 9.55 Å². The van der Waals surface area contributed by atoms with Crippen molar-refractivity contribution in [3.8, 4) is 16.9 Å². The van der Waals surface area contributed by atoms with Crippen LogP contribution in [0.4, 0.5) is 0 Å². The first-order chi connectivity index (χ1) is 19.7. The smallest absolute Gasteiger partial charge is 0.154 e. The molecule has 3 N–H and O–H groups in total. The zero-order chi connectivity index (χ0) is 27.1. The number of benzene rings is 5. The molecule has 0 aliphatic rings. The number of nitrogens with two attached hydrogens (primary N) is 1. The van der Waals surface area contributed by atoms with E-state index in [0.717, 1.165) is 38.9 Å². The van der Waals surface area contributed by atoms with Gasteiger partial charge in [0.2, 0.25) is 0 Å². The number of amidine groups is 2. The van der Waals surface area contributed by atoms with Crippen molar-refractivity contribution in [1.29, 1.82) is 5.41 Å². The highest BCUT2D eigenvalue weighted by molar-refractivity contribution is 6.21. The number of nitrogens with one attached hydrogen (secondary N) is 1. The van der Waals surface area contributed by atoms with Crippen molar-refractivity contribution in [2.75, 3.05) is 0 Å². The molecule has 0 atom stereocenters. The molecule has 0 amide bonds. The Bertz CT molecular complexity index is 2070. The predicted molar refractivity (Wildman–Crippen MR) is 166 cm³/mol.